The van der Waals surface area contributed by atoms with E-state index < -0.39 is 0 Å². The number of nitrogens with two attached hydrogens (primary N) is 1. The van der Waals surface area contributed by atoms with E-state index in [2.05, 4.69) is 43.3 Å². The summed E-state index contributed by atoms with van der Waals surface area (Å²) < 4.78 is 0. The Morgan fingerprint density at radius 2 is 1.71 bits per heavy atom. The van der Waals surface area contributed by atoms with Crippen molar-refractivity contribution in [1.82, 2.24) is 9.80 Å². The lowest BCUT2D eigenvalue weighted by Gasteiger charge is -2.23. The van der Waals surface area contributed by atoms with Gasteiger partial charge in [-0.15, -0.1) is 0 Å². The fraction of sp³-hybridized carbons (Fsp3) is 0.391. The van der Waals surface area contributed by atoms with Crippen molar-refractivity contribution in [3.8, 4) is 11.1 Å². The van der Waals surface area contributed by atoms with Crippen LogP contribution < -0.4 is 5.73 Å². The molecule has 1 heterocycles. The molecule has 0 spiro atoms. The zero-order valence-electron chi connectivity index (χ0n) is 16.5. The normalized spacial score (nSPS) is 17.5. The average Bonchev–Trinajstić information content (AvgIpc) is 2.89. The number of carbonyl (C=O) groups is 2. The van der Waals surface area contributed by atoms with Crippen LogP contribution in [0.4, 0.5) is 0 Å². The molecule has 1 aliphatic heterocycles. The van der Waals surface area contributed by atoms with E-state index >= 15 is 0 Å². The molecule has 0 aromatic heterocycles. The summed E-state index contributed by atoms with van der Waals surface area (Å²) >= 11 is 0. The van der Waals surface area contributed by atoms with Crippen molar-refractivity contribution in [2.75, 3.05) is 32.7 Å². The molecule has 0 radical (unpaired) electrons. The van der Waals surface area contributed by atoms with Crippen LogP contribution >= 0.6 is 0 Å². The Hall–Kier alpha value is -2.66. The first-order valence-electron chi connectivity index (χ1n) is 10.0. The van der Waals surface area contributed by atoms with Gasteiger partial charge in [0.25, 0.3) is 0 Å². The van der Waals surface area contributed by atoms with Crippen molar-refractivity contribution in [1.29, 1.82) is 0 Å². The molecule has 0 aliphatic carbocycles. The van der Waals surface area contributed by atoms with Crippen LogP contribution in [0.5, 0.6) is 0 Å². The first-order valence-corrected chi connectivity index (χ1v) is 10.0. The van der Waals surface area contributed by atoms with Gasteiger partial charge in [-0.05, 0) is 29.5 Å². The van der Waals surface area contributed by atoms with Gasteiger partial charge in [-0.2, -0.15) is 0 Å². The fourth-order valence-electron chi connectivity index (χ4n) is 3.79. The number of carbonyl (C=O) groups excluding carboxylic acids is 2. The van der Waals surface area contributed by atoms with Gasteiger partial charge in [-0.25, -0.2) is 0 Å². The highest BCUT2D eigenvalue weighted by molar-refractivity contribution is 5.83. The van der Waals surface area contributed by atoms with Crippen molar-refractivity contribution in [3.63, 3.8) is 0 Å². The first kappa shape index (κ1) is 20.1. The quantitative estimate of drug-likeness (QED) is 0.839. The molecule has 3 rings (SSSR count). The van der Waals surface area contributed by atoms with Crippen LogP contribution in [-0.4, -0.2) is 54.3 Å². The van der Waals surface area contributed by atoms with Crippen LogP contribution in [0.3, 0.4) is 0 Å². The molecule has 2 aromatic carbocycles. The second kappa shape index (κ2) is 9.51. The largest absolute Gasteiger partial charge is 0.341 e. The Balaban J connectivity index is 1.77. The van der Waals surface area contributed by atoms with Gasteiger partial charge in [-0.1, -0.05) is 61.5 Å². The molecule has 5 heteroatoms. The maximum absolute atomic E-state index is 13.0. The van der Waals surface area contributed by atoms with Crippen molar-refractivity contribution in [2.45, 2.75) is 19.8 Å². The Bertz CT molecular complexity index is 789. The van der Waals surface area contributed by atoms with Crippen molar-refractivity contribution >= 4 is 11.8 Å². The van der Waals surface area contributed by atoms with Gasteiger partial charge >= 0.3 is 0 Å². The smallest absolute Gasteiger partial charge is 0.236 e. The molecule has 28 heavy (non-hydrogen) atoms. The highest BCUT2D eigenvalue weighted by Crippen LogP contribution is 2.22. The van der Waals surface area contributed by atoms with Gasteiger partial charge in [0, 0.05) is 26.2 Å². The number of amides is 2. The van der Waals surface area contributed by atoms with Gasteiger partial charge in [0.15, 0.2) is 0 Å². The van der Waals surface area contributed by atoms with Crippen LogP contribution in [0, 0.1) is 5.92 Å². The Kier molecular flexibility index (Phi) is 6.82. The van der Waals surface area contributed by atoms with E-state index in [0.717, 1.165) is 24.1 Å². The summed E-state index contributed by atoms with van der Waals surface area (Å²) in [6.07, 6.45) is 1.54. The first-order chi connectivity index (χ1) is 13.6. The molecular weight excluding hydrogens is 350 g/mol. The third-order valence-electron chi connectivity index (χ3n) is 5.31. The topological polar surface area (TPSA) is 66.6 Å². The van der Waals surface area contributed by atoms with Crippen LogP contribution in [0.2, 0.25) is 0 Å². The minimum absolute atomic E-state index is 0.0134. The molecule has 148 valence electrons. The third-order valence-corrected chi connectivity index (χ3v) is 5.31. The summed E-state index contributed by atoms with van der Waals surface area (Å²) in [7, 11) is 0. The van der Waals surface area contributed by atoms with E-state index in [1.165, 1.54) is 5.56 Å². The van der Waals surface area contributed by atoms with E-state index in [0.29, 0.717) is 26.1 Å². The summed E-state index contributed by atoms with van der Waals surface area (Å²) in [4.78, 5) is 28.8. The SMILES string of the molecule is CCCN1CCN(C(=O)CN)CC(Cc2ccc(-c3ccccc3)cc2)C1=O. The number of hydrogen-bond donors (Lipinski definition) is 1. The number of hydrogen-bond acceptors (Lipinski definition) is 3. The summed E-state index contributed by atoms with van der Waals surface area (Å²) in [6, 6.07) is 18.6. The molecule has 0 bridgehead atoms. The fourth-order valence-corrected chi connectivity index (χ4v) is 3.79. The van der Waals surface area contributed by atoms with Crippen molar-refractivity contribution in [2.24, 2.45) is 11.7 Å². The Labute approximate surface area is 167 Å². The highest BCUT2D eigenvalue weighted by atomic mass is 16.2. The van der Waals surface area contributed by atoms with Gasteiger partial charge in [-0.3, -0.25) is 9.59 Å². The molecule has 1 unspecified atom stereocenters. The van der Waals surface area contributed by atoms with Gasteiger partial charge in [0.2, 0.25) is 11.8 Å². The molecule has 1 aliphatic rings. The van der Waals surface area contributed by atoms with Crippen LogP contribution in [0.15, 0.2) is 54.6 Å². The van der Waals surface area contributed by atoms with E-state index in [4.69, 9.17) is 5.73 Å². The number of nitrogens with zero attached hydrogens (tertiary/aromatic N) is 2. The second-order valence-corrected chi connectivity index (χ2v) is 7.33. The van der Waals surface area contributed by atoms with Crippen LogP contribution in [0.1, 0.15) is 18.9 Å². The standard InChI is InChI=1S/C23H29N3O2/c1-2-12-25-13-14-26(22(27)16-24)17-21(23(25)28)15-18-8-10-20(11-9-18)19-6-4-3-5-7-19/h3-11,21H,2,12-17,24H2,1H3. The average molecular weight is 380 g/mol. The van der Waals surface area contributed by atoms with Gasteiger partial charge < -0.3 is 15.5 Å². The minimum Gasteiger partial charge on any atom is -0.341 e. The van der Waals surface area contributed by atoms with Crippen LogP contribution in [0.25, 0.3) is 11.1 Å². The van der Waals surface area contributed by atoms with Crippen molar-refractivity contribution < 1.29 is 9.59 Å². The van der Waals surface area contributed by atoms with Gasteiger partial charge in [0.1, 0.15) is 0 Å². The molecule has 0 saturated carbocycles. The number of benzene rings is 2. The molecular formula is C23H29N3O2. The second-order valence-electron chi connectivity index (χ2n) is 7.33. The van der Waals surface area contributed by atoms with Gasteiger partial charge in [0.05, 0.1) is 12.5 Å². The summed E-state index contributed by atoms with van der Waals surface area (Å²) in [5, 5.41) is 0. The zero-order chi connectivity index (χ0) is 19.9. The van der Waals surface area contributed by atoms with E-state index in [1.54, 1.807) is 4.90 Å². The molecule has 2 N–H and O–H groups in total. The lowest BCUT2D eigenvalue weighted by atomic mass is 9.95. The molecule has 1 fully saturated rings. The molecule has 2 aromatic rings. The number of rotatable bonds is 6. The summed E-state index contributed by atoms with van der Waals surface area (Å²) in [5.74, 6) is -0.177. The van der Waals surface area contributed by atoms with Crippen molar-refractivity contribution in [3.05, 3.63) is 60.2 Å². The van der Waals surface area contributed by atoms with E-state index in [1.807, 2.05) is 23.1 Å². The lowest BCUT2D eigenvalue weighted by Crippen LogP contribution is -2.40. The highest BCUT2D eigenvalue weighted by Gasteiger charge is 2.31. The lowest BCUT2D eigenvalue weighted by molar-refractivity contribution is -0.134. The Morgan fingerprint density at radius 1 is 1.04 bits per heavy atom. The predicted molar refractivity (Wildman–Crippen MR) is 112 cm³/mol. The van der Waals surface area contributed by atoms with Crippen LogP contribution in [-0.2, 0) is 16.0 Å². The Morgan fingerprint density at radius 3 is 2.36 bits per heavy atom. The molecule has 1 atom stereocenters. The molecule has 1 saturated heterocycles. The minimum atomic E-state index is -0.230. The third kappa shape index (κ3) is 4.78. The monoisotopic (exact) mass is 379 g/mol. The maximum Gasteiger partial charge on any atom is 0.236 e. The predicted octanol–water partition coefficient (Wildman–Crippen LogP) is 2.55. The zero-order valence-corrected chi connectivity index (χ0v) is 16.5. The summed E-state index contributed by atoms with van der Waals surface area (Å²) in [6.45, 7) is 4.37. The van der Waals surface area contributed by atoms with E-state index in [9.17, 15) is 9.59 Å². The summed E-state index contributed by atoms with van der Waals surface area (Å²) in [5.41, 5.74) is 9.00. The molecule has 2 amide bonds. The van der Waals surface area contributed by atoms with E-state index in [-0.39, 0.29) is 24.3 Å². The molecule has 5 nitrogen and oxygen atoms in total. The maximum atomic E-state index is 13.0.